The third-order valence-corrected chi connectivity index (χ3v) is 2.77. The van der Waals surface area contributed by atoms with Gasteiger partial charge >= 0.3 is 6.18 Å². The first kappa shape index (κ1) is 12.2. The number of hydrogen-bond acceptors (Lipinski definition) is 1. The first-order valence-corrected chi connectivity index (χ1v) is 5.27. The fourth-order valence-corrected chi connectivity index (χ4v) is 1.80. The van der Waals surface area contributed by atoms with Crippen LogP contribution in [0.5, 0.6) is 0 Å². The molecular weight excluding hydrogens is 251 g/mol. The van der Waals surface area contributed by atoms with E-state index >= 15 is 0 Å². The SMILES string of the molecule is N[C@@H](c1ccc2ccc(Cl)cc2c1)C(F)(F)F. The van der Waals surface area contributed by atoms with E-state index in [9.17, 15) is 13.2 Å². The van der Waals surface area contributed by atoms with Crippen molar-refractivity contribution >= 4 is 22.4 Å². The zero-order valence-corrected chi connectivity index (χ0v) is 9.39. The number of nitrogens with two attached hydrogens (primary N) is 1. The number of rotatable bonds is 1. The summed E-state index contributed by atoms with van der Waals surface area (Å²) in [5.41, 5.74) is 5.18. The Kier molecular flexibility index (Phi) is 3.02. The van der Waals surface area contributed by atoms with Crippen LogP contribution in [0.2, 0.25) is 5.02 Å². The molecule has 0 amide bonds. The van der Waals surface area contributed by atoms with Crippen molar-refractivity contribution < 1.29 is 13.2 Å². The normalized spacial score (nSPS) is 13.9. The van der Waals surface area contributed by atoms with Crippen LogP contribution in [0.4, 0.5) is 13.2 Å². The highest BCUT2D eigenvalue weighted by Crippen LogP contribution is 2.32. The summed E-state index contributed by atoms with van der Waals surface area (Å²) in [5.74, 6) is 0. The van der Waals surface area contributed by atoms with Crippen molar-refractivity contribution in [3.63, 3.8) is 0 Å². The summed E-state index contributed by atoms with van der Waals surface area (Å²) in [4.78, 5) is 0. The summed E-state index contributed by atoms with van der Waals surface area (Å²) in [6.07, 6.45) is -4.44. The van der Waals surface area contributed by atoms with Crippen LogP contribution < -0.4 is 5.73 Å². The predicted molar refractivity (Wildman–Crippen MR) is 61.9 cm³/mol. The van der Waals surface area contributed by atoms with E-state index in [1.165, 1.54) is 12.1 Å². The van der Waals surface area contributed by atoms with Crippen molar-refractivity contribution in [2.24, 2.45) is 5.73 Å². The van der Waals surface area contributed by atoms with Gasteiger partial charge in [-0.3, -0.25) is 0 Å². The van der Waals surface area contributed by atoms with Gasteiger partial charge in [-0.15, -0.1) is 0 Å². The highest BCUT2D eigenvalue weighted by atomic mass is 35.5. The molecule has 5 heteroatoms. The van der Waals surface area contributed by atoms with E-state index in [2.05, 4.69) is 0 Å². The van der Waals surface area contributed by atoms with Crippen molar-refractivity contribution in [1.82, 2.24) is 0 Å². The molecule has 17 heavy (non-hydrogen) atoms. The van der Waals surface area contributed by atoms with Gasteiger partial charge in [0, 0.05) is 5.02 Å². The zero-order valence-electron chi connectivity index (χ0n) is 8.63. The molecule has 0 fully saturated rings. The molecule has 0 heterocycles. The van der Waals surface area contributed by atoms with Crippen LogP contribution in [0.15, 0.2) is 36.4 Å². The Bertz CT molecular complexity index is 551. The summed E-state index contributed by atoms with van der Waals surface area (Å²) in [7, 11) is 0. The minimum Gasteiger partial charge on any atom is -0.316 e. The van der Waals surface area contributed by atoms with E-state index in [0.717, 1.165) is 5.39 Å². The van der Waals surface area contributed by atoms with E-state index in [-0.39, 0.29) is 5.56 Å². The highest BCUT2D eigenvalue weighted by Gasteiger charge is 2.37. The maximum Gasteiger partial charge on any atom is 0.407 e. The topological polar surface area (TPSA) is 26.0 Å². The third-order valence-electron chi connectivity index (χ3n) is 2.54. The average Bonchev–Trinajstić information content (AvgIpc) is 2.25. The minimum atomic E-state index is -4.44. The Morgan fingerprint density at radius 3 is 2.29 bits per heavy atom. The summed E-state index contributed by atoms with van der Waals surface area (Å²) < 4.78 is 37.4. The van der Waals surface area contributed by atoms with Gasteiger partial charge in [0.1, 0.15) is 6.04 Å². The lowest BCUT2D eigenvalue weighted by atomic mass is 10.0. The highest BCUT2D eigenvalue weighted by molar-refractivity contribution is 6.31. The summed E-state index contributed by atoms with van der Waals surface area (Å²) in [5, 5.41) is 1.96. The molecule has 0 aliphatic heterocycles. The van der Waals surface area contributed by atoms with E-state index in [4.69, 9.17) is 17.3 Å². The van der Waals surface area contributed by atoms with Gasteiger partial charge in [-0.05, 0) is 34.5 Å². The largest absolute Gasteiger partial charge is 0.407 e. The molecular formula is C12H9ClF3N. The summed E-state index contributed by atoms with van der Waals surface area (Å²) >= 11 is 5.79. The molecule has 0 saturated heterocycles. The smallest absolute Gasteiger partial charge is 0.316 e. The van der Waals surface area contributed by atoms with Crippen molar-refractivity contribution in [1.29, 1.82) is 0 Å². The Hall–Kier alpha value is -1.26. The first-order chi connectivity index (χ1) is 7.88. The van der Waals surface area contributed by atoms with E-state index < -0.39 is 12.2 Å². The standard InChI is InChI=1S/C12H9ClF3N/c13-10-4-3-7-1-2-8(5-9(7)6-10)11(17)12(14,15)16/h1-6,11H,17H2/t11-/m0/s1. The summed E-state index contributed by atoms with van der Waals surface area (Å²) in [6, 6.07) is 7.49. The number of halogens is 4. The molecule has 0 saturated carbocycles. The van der Waals surface area contributed by atoms with Crippen molar-refractivity contribution in [3.05, 3.63) is 47.0 Å². The van der Waals surface area contributed by atoms with Crippen LogP contribution >= 0.6 is 11.6 Å². The van der Waals surface area contributed by atoms with Gasteiger partial charge in [-0.25, -0.2) is 0 Å². The van der Waals surface area contributed by atoms with Crippen LogP contribution in [0, 0.1) is 0 Å². The molecule has 2 aromatic rings. The quantitative estimate of drug-likeness (QED) is 0.821. The Morgan fingerprint density at radius 2 is 1.65 bits per heavy atom. The van der Waals surface area contributed by atoms with Gasteiger partial charge in [0.2, 0.25) is 0 Å². The number of hydrogen-bond donors (Lipinski definition) is 1. The van der Waals surface area contributed by atoms with Crippen molar-refractivity contribution in [2.45, 2.75) is 12.2 Å². The third kappa shape index (κ3) is 2.53. The second kappa shape index (κ2) is 4.20. The lowest BCUT2D eigenvalue weighted by Crippen LogP contribution is -2.28. The maximum absolute atomic E-state index is 12.5. The van der Waals surface area contributed by atoms with Gasteiger partial charge in [-0.1, -0.05) is 29.8 Å². The molecule has 90 valence electrons. The lowest BCUT2D eigenvalue weighted by molar-refractivity contribution is -0.149. The molecule has 0 aliphatic carbocycles. The number of alkyl halides is 3. The number of benzene rings is 2. The zero-order chi connectivity index (χ0) is 12.6. The maximum atomic E-state index is 12.5. The molecule has 0 unspecified atom stereocenters. The molecule has 2 N–H and O–H groups in total. The molecule has 0 aromatic heterocycles. The molecule has 1 nitrogen and oxygen atoms in total. The van der Waals surface area contributed by atoms with E-state index in [1.807, 2.05) is 0 Å². The van der Waals surface area contributed by atoms with Crippen LogP contribution in [0.25, 0.3) is 10.8 Å². The Balaban J connectivity index is 2.50. The molecule has 2 aromatic carbocycles. The van der Waals surface area contributed by atoms with Gasteiger partial charge in [0.05, 0.1) is 0 Å². The molecule has 2 rings (SSSR count). The van der Waals surface area contributed by atoms with Crippen molar-refractivity contribution in [3.8, 4) is 0 Å². The first-order valence-electron chi connectivity index (χ1n) is 4.89. The van der Waals surface area contributed by atoms with Crippen LogP contribution in [0.3, 0.4) is 0 Å². The lowest BCUT2D eigenvalue weighted by Gasteiger charge is -2.16. The molecule has 0 spiro atoms. The van der Waals surface area contributed by atoms with Crippen molar-refractivity contribution in [2.75, 3.05) is 0 Å². The Morgan fingerprint density at radius 1 is 1.00 bits per heavy atom. The molecule has 1 atom stereocenters. The van der Waals surface area contributed by atoms with Crippen LogP contribution in [-0.4, -0.2) is 6.18 Å². The Labute approximate surface area is 101 Å². The molecule has 0 aliphatic rings. The predicted octanol–water partition coefficient (Wildman–Crippen LogP) is 4.06. The van der Waals surface area contributed by atoms with Crippen LogP contribution in [0.1, 0.15) is 11.6 Å². The minimum absolute atomic E-state index is 0.0345. The molecule has 0 bridgehead atoms. The second-order valence-electron chi connectivity index (χ2n) is 3.77. The van der Waals surface area contributed by atoms with Crippen LogP contribution in [-0.2, 0) is 0 Å². The van der Waals surface area contributed by atoms with Gasteiger partial charge in [-0.2, -0.15) is 13.2 Å². The summed E-state index contributed by atoms with van der Waals surface area (Å²) in [6.45, 7) is 0. The van der Waals surface area contributed by atoms with E-state index in [0.29, 0.717) is 10.4 Å². The molecule has 0 radical (unpaired) electrons. The second-order valence-corrected chi connectivity index (χ2v) is 4.21. The van der Waals surface area contributed by atoms with Gasteiger partial charge in [0.25, 0.3) is 0 Å². The van der Waals surface area contributed by atoms with E-state index in [1.54, 1.807) is 24.3 Å². The monoisotopic (exact) mass is 259 g/mol. The average molecular weight is 260 g/mol. The number of fused-ring (bicyclic) bond motifs is 1. The van der Waals surface area contributed by atoms with Gasteiger partial charge in [0.15, 0.2) is 0 Å². The van der Waals surface area contributed by atoms with Gasteiger partial charge < -0.3 is 5.73 Å². The fraction of sp³-hybridized carbons (Fsp3) is 0.167. The fourth-order valence-electron chi connectivity index (χ4n) is 1.62.